The van der Waals surface area contributed by atoms with Gasteiger partial charge in [-0.15, -0.1) is 0 Å². The highest BCUT2D eigenvalue weighted by Crippen LogP contribution is 2.44. The number of hydrogen-bond acceptors (Lipinski definition) is 9. The van der Waals surface area contributed by atoms with Crippen LogP contribution in [0.25, 0.3) is 21.6 Å². The van der Waals surface area contributed by atoms with Crippen molar-refractivity contribution < 1.29 is 29.3 Å². The van der Waals surface area contributed by atoms with Crippen LogP contribution in [0.5, 0.6) is 0 Å². The van der Waals surface area contributed by atoms with E-state index in [0.29, 0.717) is 23.7 Å². The first-order valence-electron chi connectivity index (χ1n) is 9.55. The molecule has 172 valence electrons. The SMILES string of the molecule is [N-]=[N+]=NC1(/C=C/P(=O)(O)O)O[C@@H](n2cnc3c(NCc4ccccc4)ncnc32)[C@H](O)[C@@H]1O. The molecule has 0 saturated carbocycles. The predicted molar refractivity (Wildman–Crippen MR) is 114 cm³/mol. The monoisotopic (exact) mass is 474 g/mol. The van der Waals surface area contributed by atoms with Crippen molar-refractivity contribution in [1.29, 1.82) is 0 Å². The van der Waals surface area contributed by atoms with Crippen molar-refractivity contribution in [3.8, 4) is 0 Å². The molecule has 14 nitrogen and oxygen atoms in total. The highest BCUT2D eigenvalue weighted by Gasteiger charge is 2.54. The Morgan fingerprint density at radius 3 is 2.73 bits per heavy atom. The van der Waals surface area contributed by atoms with E-state index in [1.807, 2.05) is 30.3 Å². The van der Waals surface area contributed by atoms with Crippen LogP contribution in [0.4, 0.5) is 5.82 Å². The van der Waals surface area contributed by atoms with Gasteiger partial charge in [-0.3, -0.25) is 9.13 Å². The Morgan fingerprint density at radius 1 is 1.27 bits per heavy atom. The normalized spacial score (nSPS) is 25.4. The number of fused-ring (bicyclic) bond motifs is 1. The maximum absolute atomic E-state index is 11.2. The van der Waals surface area contributed by atoms with Crippen LogP contribution in [-0.4, -0.2) is 57.5 Å². The second kappa shape index (κ2) is 8.89. The first-order valence-corrected chi connectivity index (χ1v) is 11.2. The van der Waals surface area contributed by atoms with Crippen molar-refractivity contribution in [1.82, 2.24) is 19.5 Å². The number of aromatic nitrogens is 4. The van der Waals surface area contributed by atoms with E-state index in [1.165, 1.54) is 17.2 Å². The van der Waals surface area contributed by atoms with Crippen LogP contribution in [0.3, 0.4) is 0 Å². The molecule has 1 unspecified atom stereocenters. The van der Waals surface area contributed by atoms with Crippen LogP contribution in [0.2, 0.25) is 0 Å². The van der Waals surface area contributed by atoms with Crippen LogP contribution < -0.4 is 5.32 Å². The third-order valence-electron chi connectivity index (χ3n) is 4.99. The van der Waals surface area contributed by atoms with Gasteiger partial charge in [-0.25, -0.2) is 15.0 Å². The van der Waals surface area contributed by atoms with Crippen LogP contribution in [-0.2, 0) is 15.8 Å². The van der Waals surface area contributed by atoms with Crippen molar-refractivity contribution in [2.24, 2.45) is 5.11 Å². The third kappa shape index (κ3) is 4.58. The Hall–Kier alpha value is -3.35. The Kier molecular flexibility index (Phi) is 6.15. The fourth-order valence-corrected chi connectivity index (χ4v) is 3.84. The molecule has 0 aliphatic carbocycles. The maximum atomic E-state index is 11.2. The summed E-state index contributed by atoms with van der Waals surface area (Å²) < 4.78 is 18.2. The van der Waals surface area contributed by atoms with Gasteiger partial charge in [0.15, 0.2) is 28.9 Å². The first-order chi connectivity index (χ1) is 15.7. The molecule has 1 fully saturated rings. The number of rotatable bonds is 7. The minimum atomic E-state index is -4.67. The molecule has 4 rings (SSSR count). The second-order valence-corrected chi connectivity index (χ2v) is 8.65. The number of aliphatic hydroxyl groups is 2. The molecule has 1 aromatic carbocycles. The van der Waals surface area contributed by atoms with Gasteiger partial charge in [0.1, 0.15) is 18.5 Å². The number of azide groups is 1. The number of aliphatic hydroxyl groups excluding tert-OH is 2. The largest absolute Gasteiger partial charge is 0.387 e. The molecule has 4 atom stereocenters. The van der Waals surface area contributed by atoms with E-state index < -0.39 is 31.8 Å². The summed E-state index contributed by atoms with van der Waals surface area (Å²) in [4.78, 5) is 33.5. The fraction of sp³-hybridized carbons (Fsp3) is 0.278. The molecule has 1 saturated heterocycles. The highest BCUT2D eigenvalue weighted by atomic mass is 31.2. The first kappa shape index (κ1) is 22.8. The third-order valence-corrected chi connectivity index (χ3v) is 5.53. The fourth-order valence-electron chi connectivity index (χ4n) is 3.43. The van der Waals surface area contributed by atoms with Gasteiger partial charge in [0.05, 0.1) is 6.33 Å². The molecule has 3 heterocycles. The van der Waals surface area contributed by atoms with Crippen LogP contribution in [0.1, 0.15) is 11.8 Å². The number of nitrogens with zero attached hydrogens (tertiary/aromatic N) is 7. The van der Waals surface area contributed by atoms with E-state index >= 15 is 0 Å². The predicted octanol–water partition coefficient (Wildman–Crippen LogP) is 1.39. The molecule has 0 radical (unpaired) electrons. The number of imidazole rings is 1. The minimum absolute atomic E-state index is 0.243. The van der Waals surface area contributed by atoms with Crippen molar-refractivity contribution in [3.05, 3.63) is 70.9 Å². The van der Waals surface area contributed by atoms with E-state index in [9.17, 15) is 14.8 Å². The number of anilines is 1. The Morgan fingerprint density at radius 2 is 2.03 bits per heavy atom. The summed E-state index contributed by atoms with van der Waals surface area (Å²) in [6.45, 7) is 0.467. The topological polar surface area (TPSA) is 212 Å². The molecule has 1 aliphatic rings. The lowest BCUT2D eigenvalue weighted by Gasteiger charge is -2.22. The van der Waals surface area contributed by atoms with Gasteiger partial charge in [-0.05, 0) is 17.2 Å². The van der Waals surface area contributed by atoms with Crippen LogP contribution >= 0.6 is 7.60 Å². The summed E-state index contributed by atoms with van der Waals surface area (Å²) in [6, 6.07) is 9.59. The zero-order valence-electron chi connectivity index (χ0n) is 16.8. The number of nitrogens with one attached hydrogen (secondary N) is 1. The lowest BCUT2D eigenvalue weighted by Crippen LogP contribution is -2.39. The quantitative estimate of drug-likeness (QED) is 0.144. The molecular formula is C18H19N8O6P. The molecule has 33 heavy (non-hydrogen) atoms. The number of hydrogen-bond donors (Lipinski definition) is 5. The van der Waals surface area contributed by atoms with Gasteiger partial charge in [0.2, 0.25) is 0 Å². The lowest BCUT2D eigenvalue weighted by molar-refractivity contribution is -0.0695. The van der Waals surface area contributed by atoms with E-state index in [4.69, 9.17) is 20.1 Å². The van der Waals surface area contributed by atoms with E-state index in [1.54, 1.807) is 0 Å². The minimum Gasteiger partial charge on any atom is -0.387 e. The van der Waals surface area contributed by atoms with Crippen LogP contribution in [0, 0.1) is 0 Å². The number of ether oxygens (including phenoxy) is 1. The van der Waals surface area contributed by atoms with E-state index in [0.717, 1.165) is 11.6 Å². The molecular weight excluding hydrogens is 455 g/mol. The molecule has 3 aromatic rings. The van der Waals surface area contributed by atoms with Crippen molar-refractivity contribution in [2.45, 2.75) is 30.7 Å². The zero-order valence-corrected chi connectivity index (χ0v) is 17.7. The summed E-state index contributed by atoms with van der Waals surface area (Å²) in [7, 11) is -4.67. The molecule has 0 amide bonds. The smallest absolute Gasteiger partial charge is 0.348 e. The van der Waals surface area contributed by atoms with Gasteiger partial charge in [0.25, 0.3) is 0 Å². The highest BCUT2D eigenvalue weighted by molar-refractivity contribution is 7.55. The summed E-state index contributed by atoms with van der Waals surface area (Å²) in [6.07, 6.45) is -1.52. The summed E-state index contributed by atoms with van der Waals surface area (Å²) in [5.41, 5.74) is 8.25. The van der Waals surface area contributed by atoms with Gasteiger partial charge < -0.3 is 30.1 Å². The Balaban J connectivity index is 1.67. The van der Waals surface area contributed by atoms with Crippen molar-refractivity contribution in [2.75, 3.05) is 5.32 Å². The zero-order chi connectivity index (χ0) is 23.6. The van der Waals surface area contributed by atoms with Gasteiger partial charge >= 0.3 is 7.60 Å². The molecule has 1 aliphatic heterocycles. The maximum Gasteiger partial charge on any atom is 0.348 e. The summed E-state index contributed by atoms with van der Waals surface area (Å²) in [5, 5.41) is 27.6. The Bertz CT molecular complexity index is 1270. The number of benzene rings is 1. The molecule has 0 spiro atoms. The Labute approximate surface area is 186 Å². The lowest BCUT2D eigenvalue weighted by atomic mass is 10.1. The van der Waals surface area contributed by atoms with E-state index in [2.05, 4.69) is 30.3 Å². The van der Waals surface area contributed by atoms with Crippen molar-refractivity contribution >= 4 is 24.6 Å². The van der Waals surface area contributed by atoms with Crippen LogP contribution in [0.15, 0.2) is 60.0 Å². The standard InChI is InChI=1S/C18H19N8O6P/c19-25-24-18(6-7-33(29,30)31)14(28)13(27)17(32-18)26-10-23-12-15(21-9-22-16(12)26)20-8-11-4-2-1-3-5-11/h1-7,9-10,13-14,17,27-28H,8H2,(H,20,21,22)(H2,29,30,31)/b7-6+/t13-,14+,17-,18?/m1/s1. The molecule has 5 N–H and O–H groups in total. The van der Waals surface area contributed by atoms with Gasteiger partial charge in [-0.1, -0.05) is 35.4 Å². The molecule has 2 aromatic heterocycles. The second-order valence-electron chi connectivity index (χ2n) is 7.18. The summed E-state index contributed by atoms with van der Waals surface area (Å²) >= 11 is 0. The average Bonchev–Trinajstić information content (AvgIpc) is 3.32. The average molecular weight is 474 g/mol. The molecule has 0 bridgehead atoms. The van der Waals surface area contributed by atoms with Gasteiger partial charge in [0, 0.05) is 17.3 Å². The molecule has 15 heteroatoms. The van der Waals surface area contributed by atoms with Gasteiger partial charge in [-0.2, -0.15) is 0 Å². The summed E-state index contributed by atoms with van der Waals surface area (Å²) in [5.74, 6) is 0.845. The van der Waals surface area contributed by atoms with E-state index in [-0.39, 0.29) is 5.65 Å². The van der Waals surface area contributed by atoms with Crippen molar-refractivity contribution in [3.63, 3.8) is 0 Å².